The van der Waals surface area contributed by atoms with E-state index in [1.54, 1.807) is 0 Å². The van der Waals surface area contributed by atoms with Crippen LogP contribution in [0.2, 0.25) is 0 Å². The molecule has 26 heavy (non-hydrogen) atoms. The molecule has 0 aliphatic heterocycles. The Morgan fingerprint density at radius 2 is 1.77 bits per heavy atom. The number of benzene rings is 1. The van der Waals surface area contributed by atoms with Gasteiger partial charge < -0.3 is 13.4 Å². The van der Waals surface area contributed by atoms with Gasteiger partial charge in [0, 0.05) is 4.47 Å². The smallest absolute Gasteiger partial charge is 0.396 e. The molecule has 2 aromatic heterocycles. The molecule has 3 rings (SSSR count). The van der Waals surface area contributed by atoms with Gasteiger partial charge in [0.15, 0.2) is 5.76 Å². The van der Waals surface area contributed by atoms with Crippen LogP contribution in [0.4, 0.5) is 26.3 Å². The summed E-state index contributed by atoms with van der Waals surface area (Å²) in [5.74, 6) is -2.91. The highest BCUT2D eigenvalue weighted by Crippen LogP contribution is 2.38. The standard InChI is InChI=1S/C14H7BrF6N2O3/c1-5-9(26-12(24)25-5)4-23-8-3-6(13(16,17)18)2-7(15)10(8)22-11(23)14(19,20)21/h2-3H,4H2,1H3. The van der Waals surface area contributed by atoms with Crippen molar-refractivity contribution in [2.75, 3.05) is 0 Å². The van der Waals surface area contributed by atoms with E-state index < -0.39 is 41.6 Å². The van der Waals surface area contributed by atoms with Gasteiger partial charge in [-0.15, -0.1) is 0 Å². The van der Waals surface area contributed by atoms with E-state index in [1.165, 1.54) is 6.92 Å². The summed E-state index contributed by atoms with van der Waals surface area (Å²) >= 11 is 2.82. The van der Waals surface area contributed by atoms with Gasteiger partial charge in [-0.2, -0.15) is 26.3 Å². The fraction of sp³-hybridized carbons (Fsp3) is 0.286. The summed E-state index contributed by atoms with van der Waals surface area (Å²) < 4.78 is 88.5. The van der Waals surface area contributed by atoms with Gasteiger partial charge in [-0.1, -0.05) is 0 Å². The fourth-order valence-electron chi connectivity index (χ4n) is 2.38. The lowest BCUT2D eigenvalue weighted by molar-refractivity contribution is -0.146. The van der Waals surface area contributed by atoms with Gasteiger partial charge >= 0.3 is 18.2 Å². The van der Waals surface area contributed by atoms with Crippen LogP contribution < -0.4 is 5.82 Å². The van der Waals surface area contributed by atoms with Crippen molar-refractivity contribution in [2.45, 2.75) is 25.8 Å². The third kappa shape index (κ3) is 3.24. The third-order valence-electron chi connectivity index (χ3n) is 3.53. The summed E-state index contributed by atoms with van der Waals surface area (Å²) in [4.78, 5) is 14.5. The first kappa shape index (κ1) is 18.5. The molecule has 0 saturated heterocycles. The molecule has 0 aliphatic rings. The summed E-state index contributed by atoms with van der Waals surface area (Å²) in [7, 11) is 0. The molecule has 0 fully saturated rings. The highest BCUT2D eigenvalue weighted by Gasteiger charge is 2.39. The number of halogens is 7. The van der Waals surface area contributed by atoms with Crippen LogP contribution in [0.5, 0.6) is 0 Å². The maximum atomic E-state index is 13.3. The molecule has 0 bridgehead atoms. The SMILES string of the molecule is Cc1oc(=O)oc1Cn1c(C(F)(F)F)nc2c(Br)cc(C(F)(F)F)cc21. The molecule has 1 aromatic carbocycles. The first-order chi connectivity index (χ1) is 11.9. The molecular formula is C14H7BrF6N2O3. The van der Waals surface area contributed by atoms with Crippen LogP contribution in [0, 0.1) is 6.92 Å². The van der Waals surface area contributed by atoms with Gasteiger partial charge in [0.25, 0.3) is 0 Å². The van der Waals surface area contributed by atoms with E-state index in [0.717, 1.165) is 0 Å². The number of alkyl halides is 6. The molecule has 0 spiro atoms. The Balaban J connectivity index is 2.31. The van der Waals surface area contributed by atoms with Crippen LogP contribution in [-0.4, -0.2) is 9.55 Å². The molecule has 0 unspecified atom stereocenters. The molecule has 3 aromatic rings. The lowest BCUT2D eigenvalue weighted by Crippen LogP contribution is -2.16. The van der Waals surface area contributed by atoms with E-state index in [4.69, 9.17) is 0 Å². The number of nitrogens with zero attached hydrogens (tertiary/aromatic N) is 2. The van der Waals surface area contributed by atoms with Gasteiger partial charge in [0.1, 0.15) is 11.3 Å². The Bertz CT molecular complexity index is 1040. The number of rotatable bonds is 2. The molecule has 0 radical (unpaired) electrons. The number of aromatic nitrogens is 2. The molecule has 5 nitrogen and oxygen atoms in total. The van der Waals surface area contributed by atoms with Crippen LogP contribution in [0.3, 0.4) is 0 Å². The second-order valence-corrected chi connectivity index (χ2v) is 6.13. The van der Waals surface area contributed by atoms with Crippen molar-refractivity contribution in [3.05, 3.63) is 50.1 Å². The van der Waals surface area contributed by atoms with Crippen molar-refractivity contribution in [3.8, 4) is 0 Å². The second kappa shape index (κ2) is 5.89. The van der Waals surface area contributed by atoms with E-state index in [9.17, 15) is 31.1 Å². The Kier molecular flexibility index (Phi) is 4.20. The predicted molar refractivity (Wildman–Crippen MR) is 78.5 cm³/mol. The third-order valence-corrected chi connectivity index (χ3v) is 4.13. The first-order valence-electron chi connectivity index (χ1n) is 6.81. The quantitative estimate of drug-likeness (QED) is 0.535. The van der Waals surface area contributed by atoms with Gasteiger partial charge in [0.2, 0.25) is 5.82 Å². The monoisotopic (exact) mass is 444 g/mol. The van der Waals surface area contributed by atoms with E-state index in [0.29, 0.717) is 16.7 Å². The van der Waals surface area contributed by atoms with Crippen LogP contribution in [0.25, 0.3) is 11.0 Å². The number of aryl methyl sites for hydroxylation is 1. The van der Waals surface area contributed by atoms with Crippen molar-refractivity contribution < 1.29 is 35.2 Å². The van der Waals surface area contributed by atoms with Gasteiger partial charge in [-0.05, 0) is 35.0 Å². The molecule has 0 atom stereocenters. The maximum Gasteiger partial charge on any atom is 0.519 e. The minimum Gasteiger partial charge on any atom is -0.396 e. The average Bonchev–Trinajstić information content (AvgIpc) is 2.99. The van der Waals surface area contributed by atoms with E-state index >= 15 is 0 Å². The van der Waals surface area contributed by atoms with Crippen LogP contribution in [0.1, 0.15) is 22.9 Å². The minimum absolute atomic E-state index is 0.0870. The molecule has 0 N–H and O–H groups in total. The van der Waals surface area contributed by atoms with Crippen molar-refractivity contribution in [1.82, 2.24) is 9.55 Å². The van der Waals surface area contributed by atoms with Gasteiger partial charge in [-0.3, -0.25) is 0 Å². The zero-order chi connectivity index (χ0) is 19.4. The van der Waals surface area contributed by atoms with E-state index in [2.05, 4.69) is 29.7 Å². The largest absolute Gasteiger partial charge is 0.519 e. The lowest BCUT2D eigenvalue weighted by Gasteiger charge is -2.11. The molecule has 12 heteroatoms. The lowest BCUT2D eigenvalue weighted by atomic mass is 10.2. The minimum atomic E-state index is -4.95. The van der Waals surface area contributed by atoms with Crippen LogP contribution in [0.15, 0.2) is 30.2 Å². The summed E-state index contributed by atoms with van der Waals surface area (Å²) in [6.07, 6.45) is -9.73. The van der Waals surface area contributed by atoms with Gasteiger partial charge in [-0.25, -0.2) is 9.78 Å². The Morgan fingerprint density at radius 1 is 1.12 bits per heavy atom. The number of hydrogen-bond acceptors (Lipinski definition) is 4. The molecule has 0 amide bonds. The van der Waals surface area contributed by atoms with E-state index in [-0.39, 0.29) is 21.5 Å². The van der Waals surface area contributed by atoms with Crippen LogP contribution in [-0.2, 0) is 18.9 Å². The summed E-state index contributed by atoms with van der Waals surface area (Å²) in [5.41, 5.74) is -1.90. The highest BCUT2D eigenvalue weighted by molar-refractivity contribution is 9.10. The molecule has 0 saturated carbocycles. The first-order valence-corrected chi connectivity index (χ1v) is 7.61. The normalized spacial score (nSPS) is 12.9. The highest BCUT2D eigenvalue weighted by atomic mass is 79.9. The Hall–Kier alpha value is -2.24. The second-order valence-electron chi connectivity index (χ2n) is 5.28. The summed E-state index contributed by atoms with van der Waals surface area (Å²) in [5, 5.41) is 0. The number of hydrogen-bond donors (Lipinski definition) is 0. The van der Waals surface area contributed by atoms with Crippen LogP contribution >= 0.6 is 15.9 Å². The Labute approximate surface area is 148 Å². The predicted octanol–water partition coefficient (Wildman–Crippen LogP) is 4.74. The molecular weight excluding hydrogens is 438 g/mol. The Morgan fingerprint density at radius 3 is 2.27 bits per heavy atom. The van der Waals surface area contributed by atoms with Gasteiger partial charge in [0.05, 0.1) is 17.6 Å². The number of imidazole rings is 1. The maximum absolute atomic E-state index is 13.3. The summed E-state index contributed by atoms with van der Waals surface area (Å²) in [6.45, 7) is 0.598. The molecule has 0 aliphatic carbocycles. The average molecular weight is 445 g/mol. The topological polar surface area (TPSA) is 61.2 Å². The zero-order valence-corrected chi connectivity index (χ0v) is 14.2. The van der Waals surface area contributed by atoms with Crippen molar-refractivity contribution >= 4 is 27.0 Å². The van der Waals surface area contributed by atoms with E-state index in [1.807, 2.05) is 0 Å². The van der Waals surface area contributed by atoms with Crippen molar-refractivity contribution in [1.29, 1.82) is 0 Å². The fourth-order valence-corrected chi connectivity index (χ4v) is 2.92. The van der Waals surface area contributed by atoms with Crippen molar-refractivity contribution in [3.63, 3.8) is 0 Å². The molecule has 140 valence electrons. The van der Waals surface area contributed by atoms with Crippen molar-refractivity contribution in [2.24, 2.45) is 0 Å². The molecule has 2 heterocycles. The summed E-state index contributed by atoms with van der Waals surface area (Å²) in [6, 6.07) is 1.19. The number of fused-ring (bicyclic) bond motifs is 1. The zero-order valence-electron chi connectivity index (χ0n) is 12.6.